The zero-order chi connectivity index (χ0) is 20.4. The van der Waals surface area contributed by atoms with Crippen LogP contribution >= 0.6 is 11.8 Å². The van der Waals surface area contributed by atoms with E-state index >= 15 is 0 Å². The van der Waals surface area contributed by atoms with Crippen molar-refractivity contribution in [3.8, 4) is 0 Å². The maximum atomic E-state index is 12.5. The van der Waals surface area contributed by atoms with Crippen molar-refractivity contribution in [1.29, 1.82) is 0 Å². The standard InChI is InChI=1S/C22H28N2O3S/c1-17(18-10-5-4-6-11-18)27-15-9-14-23-22(26)19-12-7-8-13-20(19)28-16-21(25)24(2)3/h4-8,10-13,17H,9,14-16H2,1-3H3,(H,23,26). The Morgan fingerprint density at radius 3 is 2.46 bits per heavy atom. The van der Waals surface area contributed by atoms with Crippen LogP contribution < -0.4 is 5.32 Å². The molecule has 28 heavy (non-hydrogen) atoms. The van der Waals surface area contributed by atoms with Gasteiger partial charge in [0.05, 0.1) is 17.4 Å². The number of amides is 2. The molecule has 6 heteroatoms. The SMILES string of the molecule is CC(OCCCNC(=O)c1ccccc1SCC(=O)N(C)C)c1ccccc1. The Kier molecular flexibility index (Phi) is 9.04. The Morgan fingerprint density at radius 2 is 1.75 bits per heavy atom. The minimum Gasteiger partial charge on any atom is -0.374 e. The van der Waals surface area contributed by atoms with Gasteiger partial charge in [-0.2, -0.15) is 0 Å². The number of hydrogen-bond donors (Lipinski definition) is 1. The number of ether oxygens (including phenoxy) is 1. The van der Waals surface area contributed by atoms with Crippen LogP contribution in [0.2, 0.25) is 0 Å². The Morgan fingerprint density at radius 1 is 1.07 bits per heavy atom. The highest BCUT2D eigenvalue weighted by Gasteiger charge is 2.13. The lowest BCUT2D eigenvalue weighted by molar-refractivity contribution is -0.125. The summed E-state index contributed by atoms with van der Waals surface area (Å²) in [6.45, 7) is 3.14. The number of rotatable bonds is 10. The summed E-state index contributed by atoms with van der Waals surface area (Å²) in [6.07, 6.45) is 0.764. The van der Waals surface area contributed by atoms with Crippen LogP contribution in [0.1, 0.15) is 35.4 Å². The third-order valence-corrected chi connectivity index (χ3v) is 5.28. The van der Waals surface area contributed by atoms with E-state index in [4.69, 9.17) is 4.74 Å². The van der Waals surface area contributed by atoms with Gasteiger partial charge in [0.1, 0.15) is 0 Å². The molecule has 0 bridgehead atoms. The molecule has 2 aromatic rings. The highest BCUT2D eigenvalue weighted by molar-refractivity contribution is 8.00. The summed E-state index contributed by atoms with van der Waals surface area (Å²) in [7, 11) is 3.45. The monoisotopic (exact) mass is 400 g/mol. The second-order valence-corrected chi connectivity index (χ2v) is 7.62. The fourth-order valence-electron chi connectivity index (χ4n) is 2.50. The molecule has 0 aliphatic rings. The van der Waals surface area contributed by atoms with Crippen LogP contribution in [0.4, 0.5) is 0 Å². The first-order valence-electron chi connectivity index (χ1n) is 9.35. The van der Waals surface area contributed by atoms with Gasteiger partial charge in [-0.15, -0.1) is 11.8 Å². The van der Waals surface area contributed by atoms with E-state index in [-0.39, 0.29) is 17.9 Å². The molecular weight excluding hydrogens is 372 g/mol. The van der Waals surface area contributed by atoms with E-state index in [2.05, 4.69) is 5.32 Å². The van der Waals surface area contributed by atoms with Crippen molar-refractivity contribution in [2.75, 3.05) is 33.0 Å². The van der Waals surface area contributed by atoms with E-state index in [0.717, 1.165) is 16.9 Å². The summed E-state index contributed by atoms with van der Waals surface area (Å²) in [4.78, 5) is 26.6. The molecule has 0 saturated heterocycles. The van der Waals surface area contributed by atoms with Crippen molar-refractivity contribution < 1.29 is 14.3 Å². The molecule has 0 spiro atoms. The van der Waals surface area contributed by atoms with Crippen LogP contribution in [-0.4, -0.2) is 49.7 Å². The van der Waals surface area contributed by atoms with Crippen molar-refractivity contribution in [2.45, 2.75) is 24.3 Å². The third-order valence-electron chi connectivity index (χ3n) is 4.23. The molecule has 0 saturated carbocycles. The number of carbonyl (C=O) groups is 2. The van der Waals surface area contributed by atoms with E-state index in [0.29, 0.717) is 24.5 Å². The molecule has 2 amide bonds. The van der Waals surface area contributed by atoms with Gasteiger partial charge in [-0.05, 0) is 31.0 Å². The largest absolute Gasteiger partial charge is 0.374 e. The van der Waals surface area contributed by atoms with Gasteiger partial charge in [-0.25, -0.2) is 0 Å². The first-order chi connectivity index (χ1) is 13.5. The molecule has 2 aromatic carbocycles. The predicted octanol–water partition coefficient (Wildman–Crippen LogP) is 3.76. The van der Waals surface area contributed by atoms with E-state index in [1.165, 1.54) is 11.8 Å². The molecule has 0 radical (unpaired) electrons. The molecule has 1 N–H and O–H groups in total. The molecule has 150 valence electrons. The molecule has 0 heterocycles. The summed E-state index contributed by atoms with van der Waals surface area (Å²) in [5.74, 6) is 0.198. The number of carbonyl (C=O) groups excluding carboxylic acids is 2. The lowest BCUT2D eigenvalue weighted by atomic mass is 10.1. The minimum absolute atomic E-state index is 0.0184. The van der Waals surface area contributed by atoms with E-state index in [1.54, 1.807) is 25.1 Å². The normalized spacial score (nSPS) is 11.7. The van der Waals surface area contributed by atoms with Crippen molar-refractivity contribution in [2.24, 2.45) is 0 Å². The van der Waals surface area contributed by atoms with Gasteiger partial charge in [-0.1, -0.05) is 42.5 Å². The summed E-state index contributed by atoms with van der Waals surface area (Å²) in [6, 6.07) is 17.4. The van der Waals surface area contributed by atoms with Crippen molar-refractivity contribution >= 4 is 23.6 Å². The van der Waals surface area contributed by atoms with Crippen LogP contribution in [0.5, 0.6) is 0 Å². The van der Waals surface area contributed by atoms with Crippen molar-refractivity contribution in [3.63, 3.8) is 0 Å². The summed E-state index contributed by atoms with van der Waals surface area (Å²) in [5, 5.41) is 2.94. The molecule has 1 unspecified atom stereocenters. The first-order valence-corrected chi connectivity index (χ1v) is 10.3. The average Bonchev–Trinajstić information content (AvgIpc) is 2.72. The zero-order valence-electron chi connectivity index (χ0n) is 16.7. The Labute approximate surface area is 171 Å². The maximum Gasteiger partial charge on any atom is 0.252 e. The fraction of sp³-hybridized carbons (Fsp3) is 0.364. The molecular formula is C22H28N2O3S. The fourth-order valence-corrected chi connectivity index (χ4v) is 3.53. The number of hydrogen-bond acceptors (Lipinski definition) is 4. The van der Waals surface area contributed by atoms with Crippen molar-refractivity contribution in [1.82, 2.24) is 10.2 Å². The first kappa shape index (κ1) is 22.0. The molecule has 0 fully saturated rings. The Balaban J connectivity index is 1.76. The van der Waals surface area contributed by atoms with Gasteiger partial charge in [0, 0.05) is 32.1 Å². The number of benzene rings is 2. The van der Waals surface area contributed by atoms with Gasteiger partial charge in [0.25, 0.3) is 5.91 Å². The highest BCUT2D eigenvalue weighted by atomic mass is 32.2. The Hall–Kier alpha value is -2.31. The van der Waals surface area contributed by atoms with E-state index in [1.807, 2.05) is 55.5 Å². The highest BCUT2D eigenvalue weighted by Crippen LogP contribution is 2.23. The second kappa shape index (κ2) is 11.5. The number of nitrogens with one attached hydrogen (secondary N) is 1. The lowest BCUT2D eigenvalue weighted by Crippen LogP contribution is -2.26. The molecule has 1 atom stereocenters. The lowest BCUT2D eigenvalue weighted by Gasteiger charge is -2.14. The maximum absolute atomic E-state index is 12.5. The number of nitrogens with zero attached hydrogens (tertiary/aromatic N) is 1. The Bertz CT molecular complexity index is 765. The summed E-state index contributed by atoms with van der Waals surface area (Å²) in [5.41, 5.74) is 1.74. The van der Waals surface area contributed by atoms with Crippen LogP contribution in [0, 0.1) is 0 Å². The molecule has 0 aliphatic carbocycles. The zero-order valence-corrected chi connectivity index (χ0v) is 17.5. The molecule has 5 nitrogen and oxygen atoms in total. The van der Waals surface area contributed by atoms with Gasteiger partial charge in [-0.3, -0.25) is 9.59 Å². The van der Waals surface area contributed by atoms with Gasteiger partial charge < -0.3 is 15.0 Å². The van der Waals surface area contributed by atoms with Gasteiger partial charge in [0.2, 0.25) is 5.91 Å². The summed E-state index contributed by atoms with van der Waals surface area (Å²) < 4.78 is 5.83. The average molecular weight is 401 g/mol. The van der Waals surface area contributed by atoms with Gasteiger partial charge >= 0.3 is 0 Å². The van der Waals surface area contributed by atoms with E-state index < -0.39 is 0 Å². The second-order valence-electron chi connectivity index (χ2n) is 6.61. The number of thioether (sulfide) groups is 1. The van der Waals surface area contributed by atoms with Crippen LogP contribution in [0.25, 0.3) is 0 Å². The van der Waals surface area contributed by atoms with Crippen LogP contribution in [-0.2, 0) is 9.53 Å². The summed E-state index contributed by atoms with van der Waals surface area (Å²) >= 11 is 1.38. The van der Waals surface area contributed by atoms with Gasteiger partial charge in [0.15, 0.2) is 0 Å². The third kappa shape index (κ3) is 7.02. The van der Waals surface area contributed by atoms with Crippen LogP contribution in [0.15, 0.2) is 59.5 Å². The topological polar surface area (TPSA) is 58.6 Å². The smallest absolute Gasteiger partial charge is 0.252 e. The van der Waals surface area contributed by atoms with E-state index in [9.17, 15) is 9.59 Å². The van der Waals surface area contributed by atoms with Crippen LogP contribution in [0.3, 0.4) is 0 Å². The quantitative estimate of drug-likeness (QED) is 0.487. The minimum atomic E-state index is -0.128. The predicted molar refractivity (Wildman–Crippen MR) is 114 cm³/mol. The molecule has 0 aromatic heterocycles. The van der Waals surface area contributed by atoms with Crippen molar-refractivity contribution in [3.05, 3.63) is 65.7 Å². The molecule has 0 aliphatic heterocycles. The molecule has 2 rings (SSSR count).